The molecule has 1 aliphatic carbocycles. The van der Waals surface area contributed by atoms with Crippen LogP contribution in [0.4, 0.5) is 10.5 Å². The molecular formula is C30H46N2O7. The van der Waals surface area contributed by atoms with E-state index in [1.165, 1.54) is 44.9 Å². The highest BCUT2D eigenvalue weighted by atomic mass is 16.8. The van der Waals surface area contributed by atoms with Crippen LogP contribution in [0.25, 0.3) is 0 Å². The zero-order valence-corrected chi connectivity index (χ0v) is 23.3. The zero-order chi connectivity index (χ0) is 27.5. The normalized spacial score (nSPS) is 25.5. The summed E-state index contributed by atoms with van der Waals surface area (Å²) in [6, 6.07) is 6.39. The van der Waals surface area contributed by atoms with Gasteiger partial charge in [0.05, 0.1) is 6.42 Å². The molecule has 3 N–H and O–H groups in total. The van der Waals surface area contributed by atoms with E-state index in [9.17, 15) is 9.59 Å². The molecule has 1 unspecified atom stereocenters. The largest absolute Gasteiger partial charge is 0.481 e. The van der Waals surface area contributed by atoms with Crippen LogP contribution in [0.5, 0.6) is 0 Å². The van der Waals surface area contributed by atoms with Gasteiger partial charge in [-0.3, -0.25) is 4.79 Å². The van der Waals surface area contributed by atoms with E-state index in [1.807, 2.05) is 0 Å². The number of ether oxygens (including phenoxy) is 4. The Balaban J connectivity index is 1.25. The van der Waals surface area contributed by atoms with Gasteiger partial charge in [0.25, 0.3) is 0 Å². The monoisotopic (exact) mass is 546 g/mol. The standard InChI is InChI=1S/C30H46N2O7/c1-2-3-4-5-6-7-8-12-19-36-26-24(37-28-27(26)38-30(39-28)17-10-9-11-18-30)21-31-29(35)32-23-15-13-22(14-16-23)20-25(33)34/h13-16,24,26-28H,2-12,17-21H2,1H3,(H,33,34)(H2,31,32,35)/t24-,26+,27-,28?/m1/s1. The van der Waals surface area contributed by atoms with Crippen molar-refractivity contribution in [3.8, 4) is 0 Å². The molecule has 1 spiro atoms. The van der Waals surface area contributed by atoms with Gasteiger partial charge < -0.3 is 34.7 Å². The van der Waals surface area contributed by atoms with Crippen molar-refractivity contribution < 1.29 is 33.6 Å². The number of hydrogen-bond acceptors (Lipinski definition) is 6. The SMILES string of the molecule is CCCCCCCCCCO[C@H]1[C@@H](CNC(=O)Nc2ccc(CC(=O)O)cc2)OC2OC3(CCCCC3)O[C@@H]21. The van der Waals surface area contributed by atoms with Crippen LogP contribution < -0.4 is 10.6 Å². The van der Waals surface area contributed by atoms with E-state index in [0.29, 0.717) is 17.9 Å². The van der Waals surface area contributed by atoms with Crippen LogP contribution >= 0.6 is 0 Å². The molecule has 4 atom stereocenters. The van der Waals surface area contributed by atoms with Gasteiger partial charge >= 0.3 is 12.0 Å². The molecule has 0 bridgehead atoms. The minimum Gasteiger partial charge on any atom is -0.481 e. The highest BCUT2D eigenvalue weighted by Crippen LogP contribution is 2.45. The molecule has 218 valence electrons. The number of anilines is 1. The highest BCUT2D eigenvalue weighted by molar-refractivity contribution is 5.89. The first kappa shape index (κ1) is 29.8. The number of aliphatic carboxylic acids is 1. The lowest BCUT2D eigenvalue weighted by Crippen LogP contribution is -2.45. The quantitative estimate of drug-likeness (QED) is 0.240. The van der Waals surface area contributed by atoms with Crippen molar-refractivity contribution in [3.63, 3.8) is 0 Å². The molecule has 0 radical (unpaired) electrons. The molecule has 2 saturated heterocycles. The highest BCUT2D eigenvalue weighted by Gasteiger charge is 2.58. The number of nitrogens with one attached hydrogen (secondary N) is 2. The number of carbonyl (C=O) groups is 2. The van der Waals surface area contributed by atoms with Gasteiger partial charge in [0.2, 0.25) is 0 Å². The van der Waals surface area contributed by atoms with Crippen molar-refractivity contribution in [2.75, 3.05) is 18.5 Å². The molecule has 3 fully saturated rings. The number of carboxylic acid groups (broad SMARTS) is 1. The Bertz CT molecular complexity index is 903. The maximum atomic E-state index is 12.6. The summed E-state index contributed by atoms with van der Waals surface area (Å²) in [6.45, 7) is 3.13. The molecule has 1 aromatic rings. The Kier molecular flexibility index (Phi) is 11.4. The average Bonchev–Trinajstić information content (AvgIpc) is 3.41. The van der Waals surface area contributed by atoms with Crippen molar-refractivity contribution in [1.29, 1.82) is 0 Å². The first-order chi connectivity index (χ1) is 19.0. The average molecular weight is 547 g/mol. The second kappa shape index (κ2) is 15.0. The van der Waals surface area contributed by atoms with E-state index in [-0.39, 0.29) is 37.3 Å². The second-order valence-corrected chi connectivity index (χ2v) is 11.1. The van der Waals surface area contributed by atoms with E-state index in [4.69, 9.17) is 24.1 Å². The van der Waals surface area contributed by atoms with Crippen molar-refractivity contribution in [3.05, 3.63) is 29.8 Å². The number of rotatable bonds is 15. The lowest BCUT2D eigenvalue weighted by Gasteiger charge is -2.34. The van der Waals surface area contributed by atoms with Gasteiger partial charge in [0.15, 0.2) is 12.1 Å². The van der Waals surface area contributed by atoms with Gasteiger partial charge in [0.1, 0.15) is 18.3 Å². The summed E-state index contributed by atoms with van der Waals surface area (Å²) in [7, 11) is 0. The summed E-state index contributed by atoms with van der Waals surface area (Å²) in [5.74, 6) is -1.45. The third kappa shape index (κ3) is 8.90. The second-order valence-electron chi connectivity index (χ2n) is 11.1. The summed E-state index contributed by atoms with van der Waals surface area (Å²) in [4.78, 5) is 23.4. The fraction of sp³-hybridized carbons (Fsp3) is 0.733. The van der Waals surface area contributed by atoms with E-state index in [1.54, 1.807) is 24.3 Å². The Morgan fingerprint density at radius 2 is 1.67 bits per heavy atom. The molecule has 1 saturated carbocycles. The molecule has 2 heterocycles. The van der Waals surface area contributed by atoms with E-state index in [2.05, 4.69) is 17.6 Å². The van der Waals surface area contributed by atoms with E-state index in [0.717, 1.165) is 38.5 Å². The predicted octanol–water partition coefficient (Wildman–Crippen LogP) is 5.76. The number of urea groups is 1. The number of hydrogen-bond donors (Lipinski definition) is 3. The maximum absolute atomic E-state index is 12.6. The van der Waals surface area contributed by atoms with Gasteiger partial charge in [-0.05, 0) is 37.0 Å². The van der Waals surface area contributed by atoms with E-state index >= 15 is 0 Å². The number of unbranched alkanes of at least 4 members (excludes halogenated alkanes) is 7. The van der Waals surface area contributed by atoms with Gasteiger partial charge in [-0.15, -0.1) is 0 Å². The molecule has 1 aromatic carbocycles. The number of benzene rings is 1. The minimum atomic E-state index is -0.892. The van der Waals surface area contributed by atoms with Crippen LogP contribution in [-0.4, -0.2) is 60.6 Å². The molecule has 9 nitrogen and oxygen atoms in total. The van der Waals surface area contributed by atoms with Crippen LogP contribution in [0.2, 0.25) is 0 Å². The fourth-order valence-electron chi connectivity index (χ4n) is 5.80. The topological polar surface area (TPSA) is 115 Å². The van der Waals surface area contributed by atoms with Gasteiger partial charge in [-0.25, -0.2) is 4.79 Å². The molecule has 39 heavy (non-hydrogen) atoms. The number of carbonyl (C=O) groups excluding carboxylic acids is 1. The lowest BCUT2D eigenvalue weighted by atomic mass is 9.94. The van der Waals surface area contributed by atoms with Gasteiger partial charge in [-0.2, -0.15) is 0 Å². The fourth-order valence-corrected chi connectivity index (χ4v) is 5.80. The van der Waals surface area contributed by atoms with Crippen molar-refractivity contribution in [2.45, 2.75) is 127 Å². The number of carboxylic acids is 1. The van der Waals surface area contributed by atoms with Crippen LogP contribution in [0.3, 0.4) is 0 Å². The van der Waals surface area contributed by atoms with E-state index < -0.39 is 18.0 Å². The van der Waals surface area contributed by atoms with Crippen LogP contribution in [0, 0.1) is 0 Å². The molecule has 4 rings (SSSR count). The summed E-state index contributed by atoms with van der Waals surface area (Å²) >= 11 is 0. The Morgan fingerprint density at radius 3 is 2.36 bits per heavy atom. The number of fused-ring (bicyclic) bond motifs is 1. The van der Waals surface area contributed by atoms with Crippen molar-refractivity contribution in [2.24, 2.45) is 0 Å². The molecular weight excluding hydrogens is 500 g/mol. The van der Waals surface area contributed by atoms with Crippen LogP contribution in [-0.2, 0) is 30.2 Å². The van der Waals surface area contributed by atoms with Crippen molar-refractivity contribution in [1.82, 2.24) is 5.32 Å². The van der Waals surface area contributed by atoms with Crippen molar-refractivity contribution >= 4 is 17.7 Å². The third-order valence-corrected chi connectivity index (χ3v) is 7.90. The Morgan fingerprint density at radius 1 is 0.974 bits per heavy atom. The van der Waals surface area contributed by atoms with Crippen LogP contribution in [0.1, 0.15) is 96.0 Å². The first-order valence-corrected chi connectivity index (χ1v) is 15.0. The van der Waals surface area contributed by atoms with Crippen LogP contribution in [0.15, 0.2) is 24.3 Å². The van der Waals surface area contributed by atoms with Gasteiger partial charge in [-0.1, -0.05) is 70.4 Å². The number of amides is 2. The smallest absolute Gasteiger partial charge is 0.319 e. The molecule has 0 aromatic heterocycles. The summed E-state index contributed by atoms with van der Waals surface area (Å²) < 4.78 is 25.4. The minimum absolute atomic E-state index is 0.0559. The molecule has 3 aliphatic rings. The summed E-state index contributed by atoms with van der Waals surface area (Å²) in [6.07, 6.45) is 13.5. The first-order valence-electron chi connectivity index (χ1n) is 15.0. The lowest BCUT2D eigenvalue weighted by molar-refractivity contribution is -0.247. The predicted molar refractivity (Wildman–Crippen MR) is 148 cm³/mol. The Labute approximate surface area is 232 Å². The summed E-state index contributed by atoms with van der Waals surface area (Å²) in [5, 5.41) is 14.6. The Hall–Kier alpha value is -2.20. The van der Waals surface area contributed by atoms with Gasteiger partial charge in [0, 0.05) is 31.7 Å². The zero-order valence-electron chi connectivity index (χ0n) is 23.3. The molecule has 9 heteroatoms. The third-order valence-electron chi connectivity index (χ3n) is 7.90. The molecule has 2 amide bonds. The maximum Gasteiger partial charge on any atom is 0.319 e. The summed E-state index contributed by atoms with van der Waals surface area (Å²) in [5.41, 5.74) is 1.26. The molecule has 2 aliphatic heterocycles.